The van der Waals surface area contributed by atoms with E-state index in [1.807, 2.05) is 0 Å². The van der Waals surface area contributed by atoms with Gasteiger partial charge in [0.05, 0.1) is 6.10 Å². The summed E-state index contributed by atoms with van der Waals surface area (Å²) in [6, 6.07) is 0. The molecule has 0 radical (unpaired) electrons. The van der Waals surface area contributed by atoms with Gasteiger partial charge >= 0.3 is 0 Å². The van der Waals surface area contributed by atoms with Crippen LogP contribution in [0.1, 0.15) is 40.0 Å². The fraction of sp³-hybridized carbons (Fsp3) is 0.833. The molecule has 13 heavy (non-hydrogen) atoms. The van der Waals surface area contributed by atoms with Crippen molar-refractivity contribution in [2.24, 2.45) is 17.8 Å². The quantitative estimate of drug-likeness (QED) is 0.665. The summed E-state index contributed by atoms with van der Waals surface area (Å²) >= 11 is 0. The molecule has 0 saturated carbocycles. The molecule has 0 amide bonds. The lowest BCUT2D eigenvalue weighted by Gasteiger charge is -2.31. The molecule has 4 atom stereocenters. The van der Waals surface area contributed by atoms with E-state index in [0.717, 1.165) is 19.3 Å². The average Bonchev–Trinajstić information content (AvgIpc) is 2.09. The van der Waals surface area contributed by atoms with E-state index in [0.29, 0.717) is 17.8 Å². The SMILES string of the molecule is CCCC(O)C1CC(C)C=CC1C. The van der Waals surface area contributed by atoms with Gasteiger partial charge in [0.15, 0.2) is 0 Å². The highest BCUT2D eigenvalue weighted by Crippen LogP contribution is 2.31. The maximum Gasteiger partial charge on any atom is 0.0574 e. The summed E-state index contributed by atoms with van der Waals surface area (Å²) in [5.74, 6) is 1.69. The van der Waals surface area contributed by atoms with Crippen LogP contribution < -0.4 is 0 Å². The van der Waals surface area contributed by atoms with Crippen LogP contribution in [0.15, 0.2) is 12.2 Å². The molecule has 76 valence electrons. The van der Waals surface area contributed by atoms with Crippen LogP contribution >= 0.6 is 0 Å². The van der Waals surface area contributed by atoms with E-state index in [1.165, 1.54) is 0 Å². The fourth-order valence-electron chi connectivity index (χ4n) is 2.25. The predicted molar refractivity (Wildman–Crippen MR) is 56.5 cm³/mol. The number of aliphatic hydroxyl groups excluding tert-OH is 1. The van der Waals surface area contributed by atoms with Crippen LogP contribution in [0.4, 0.5) is 0 Å². The summed E-state index contributed by atoms with van der Waals surface area (Å²) in [5, 5.41) is 9.93. The third kappa shape index (κ3) is 2.84. The second kappa shape index (κ2) is 4.80. The van der Waals surface area contributed by atoms with Crippen molar-refractivity contribution in [1.82, 2.24) is 0 Å². The van der Waals surface area contributed by atoms with Crippen molar-refractivity contribution in [2.75, 3.05) is 0 Å². The lowest BCUT2D eigenvalue weighted by Crippen LogP contribution is -2.29. The monoisotopic (exact) mass is 182 g/mol. The van der Waals surface area contributed by atoms with Crippen LogP contribution in [0.2, 0.25) is 0 Å². The van der Waals surface area contributed by atoms with Gasteiger partial charge in [-0.1, -0.05) is 39.3 Å². The Labute approximate surface area is 81.9 Å². The molecule has 1 N–H and O–H groups in total. The van der Waals surface area contributed by atoms with Gasteiger partial charge in [-0.25, -0.2) is 0 Å². The summed E-state index contributed by atoms with van der Waals surface area (Å²) in [7, 11) is 0. The Morgan fingerprint density at radius 1 is 1.38 bits per heavy atom. The number of rotatable bonds is 3. The first-order valence-corrected chi connectivity index (χ1v) is 5.51. The van der Waals surface area contributed by atoms with Crippen LogP contribution in [-0.2, 0) is 0 Å². The summed E-state index contributed by atoms with van der Waals surface area (Å²) < 4.78 is 0. The normalized spacial score (nSPS) is 36.2. The summed E-state index contributed by atoms with van der Waals surface area (Å²) in [6.07, 6.45) is 7.64. The van der Waals surface area contributed by atoms with E-state index >= 15 is 0 Å². The molecule has 1 rings (SSSR count). The van der Waals surface area contributed by atoms with Crippen LogP contribution in [0.25, 0.3) is 0 Å². The van der Waals surface area contributed by atoms with E-state index in [9.17, 15) is 5.11 Å². The highest BCUT2D eigenvalue weighted by Gasteiger charge is 2.27. The Balaban J connectivity index is 2.53. The van der Waals surface area contributed by atoms with E-state index in [-0.39, 0.29) is 6.10 Å². The van der Waals surface area contributed by atoms with Crippen LogP contribution in [0.5, 0.6) is 0 Å². The number of aliphatic hydroxyl groups is 1. The van der Waals surface area contributed by atoms with Crippen LogP contribution in [0, 0.1) is 17.8 Å². The minimum absolute atomic E-state index is 0.0904. The molecular formula is C12H22O. The largest absolute Gasteiger partial charge is 0.393 e. The van der Waals surface area contributed by atoms with Crippen molar-refractivity contribution in [1.29, 1.82) is 0 Å². The zero-order valence-electron chi connectivity index (χ0n) is 9.03. The minimum atomic E-state index is -0.0904. The Morgan fingerprint density at radius 2 is 2.08 bits per heavy atom. The predicted octanol–water partition coefficient (Wildman–Crippen LogP) is 3.00. The molecule has 1 aliphatic rings. The summed E-state index contributed by atoms with van der Waals surface area (Å²) in [4.78, 5) is 0. The van der Waals surface area contributed by atoms with E-state index in [2.05, 4.69) is 32.9 Å². The number of allylic oxidation sites excluding steroid dienone is 2. The number of hydrogen-bond donors (Lipinski definition) is 1. The zero-order chi connectivity index (χ0) is 9.84. The molecule has 0 saturated heterocycles. The van der Waals surface area contributed by atoms with Gasteiger partial charge in [-0.2, -0.15) is 0 Å². The van der Waals surface area contributed by atoms with Gasteiger partial charge in [0.2, 0.25) is 0 Å². The smallest absolute Gasteiger partial charge is 0.0574 e. The van der Waals surface area contributed by atoms with Crippen molar-refractivity contribution in [3.05, 3.63) is 12.2 Å². The summed E-state index contributed by atoms with van der Waals surface area (Å²) in [5.41, 5.74) is 0. The number of hydrogen-bond acceptors (Lipinski definition) is 1. The molecule has 0 heterocycles. The first-order chi connectivity index (χ1) is 6.15. The Morgan fingerprint density at radius 3 is 2.69 bits per heavy atom. The Hall–Kier alpha value is -0.300. The molecule has 1 nitrogen and oxygen atoms in total. The standard InChI is InChI=1S/C12H22O/c1-4-5-12(13)11-8-9(2)6-7-10(11)3/h6-7,9-13H,4-5,8H2,1-3H3. The van der Waals surface area contributed by atoms with Gasteiger partial charge in [-0.15, -0.1) is 0 Å². The van der Waals surface area contributed by atoms with Gasteiger partial charge in [-0.3, -0.25) is 0 Å². The molecule has 0 aromatic rings. The minimum Gasteiger partial charge on any atom is -0.393 e. The molecule has 0 aromatic heterocycles. The average molecular weight is 182 g/mol. The van der Waals surface area contributed by atoms with Gasteiger partial charge in [-0.05, 0) is 30.6 Å². The Bertz CT molecular complexity index is 174. The zero-order valence-corrected chi connectivity index (χ0v) is 9.03. The van der Waals surface area contributed by atoms with Crippen molar-refractivity contribution >= 4 is 0 Å². The highest BCUT2D eigenvalue weighted by molar-refractivity contribution is 5.00. The van der Waals surface area contributed by atoms with Gasteiger partial charge in [0.1, 0.15) is 0 Å². The van der Waals surface area contributed by atoms with Gasteiger partial charge in [0.25, 0.3) is 0 Å². The van der Waals surface area contributed by atoms with E-state index in [1.54, 1.807) is 0 Å². The molecule has 1 aliphatic carbocycles. The molecule has 0 fully saturated rings. The first-order valence-electron chi connectivity index (χ1n) is 5.51. The molecule has 1 heteroatoms. The van der Waals surface area contributed by atoms with E-state index in [4.69, 9.17) is 0 Å². The molecule has 0 aliphatic heterocycles. The third-order valence-electron chi connectivity index (χ3n) is 3.14. The topological polar surface area (TPSA) is 20.2 Å². The maximum atomic E-state index is 9.93. The van der Waals surface area contributed by atoms with Gasteiger partial charge in [0, 0.05) is 0 Å². The maximum absolute atomic E-state index is 9.93. The van der Waals surface area contributed by atoms with Crippen molar-refractivity contribution in [3.8, 4) is 0 Å². The fourth-order valence-corrected chi connectivity index (χ4v) is 2.25. The molecule has 0 bridgehead atoms. The molecule has 0 aromatic carbocycles. The first kappa shape index (κ1) is 10.8. The van der Waals surface area contributed by atoms with Crippen molar-refractivity contribution in [3.63, 3.8) is 0 Å². The summed E-state index contributed by atoms with van der Waals surface area (Å²) in [6.45, 7) is 6.58. The van der Waals surface area contributed by atoms with E-state index < -0.39 is 0 Å². The lowest BCUT2D eigenvalue weighted by molar-refractivity contribution is 0.0650. The molecular weight excluding hydrogens is 160 g/mol. The lowest BCUT2D eigenvalue weighted by atomic mass is 9.76. The van der Waals surface area contributed by atoms with Crippen molar-refractivity contribution < 1.29 is 5.11 Å². The molecule has 0 spiro atoms. The van der Waals surface area contributed by atoms with Crippen LogP contribution in [-0.4, -0.2) is 11.2 Å². The van der Waals surface area contributed by atoms with Gasteiger partial charge < -0.3 is 5.11 Å². The second-order valence-electron chi connectivity index (χ2n) is 4.48. The van der Waals surface area contributed by atoms with Crippen molar-refractivity contribution in [2.45, 2.75) is 46.1 Å². The highest BCUT2D eigenvalue weighted by atomic mass is 16.3. The Kier molecular flexibility index (Phi) is 3.98. The van der Waals surface area contributed by atoms with Crippen LogP contribution in [0.3, 0.4) is 0 Å². The third-order valence-corrected chi connectivity index (χ3v) is 3.14. The molecule has 4 unspecified atom stereocenters. The second-order valence-corrected chi connectivity index (χ2v) is 4.48.